The SMILES string of the molecule is [MgH2].[O]=[Fe](=[O])(=[O])=[O]. The summed E-state index contributed by atoms with van der Waals surface area (Å²) < 4.78 is 34.2. The van der Waals surface area contributed by atoms with Gasteiger partial charge in [-0.25, -0.2) is 0 Å². The Kier molecular flexibility index (Phi) is 4.24. The van der Waals surface area contributed by atoms with Gasteiger partial charge in [-0.1, -0.05) is 0 Å². The average Bonchev–Trinajstić information content (AvgIpc) is 0.722. The van der Waals surface area contributed by atoms with Crippen LogP contribution in [0.2, 0.25) is 0 Å². The van der Waals surface area contributed by atoms with Crippen molar-refractivity contribution >= 4 is 23.1 Å². The molecule has 0 aromatic rings. The van der Waals surface area contributed by atoms with Crippen molar-refractivity contribution in [3.63, 3.8) is 0 Å². The van der Waals surface area contributed by atoms with Crippen LogP contribution in [0.25, 0.3) is 0 Å². The summed E-state index contributed by atoms with van der Waals surface area (Å²) in [7, 11) is 0. The second kappa shape index (κ2) is 2.62. The Bertz CT molecular complexity index is 159. The minimum atomic E-state index is -5.50. The number of hydrogen-bond acceptors (Lipinski definition) is 4. The van der Waals surface area contributed by atoms with Crippen LogP contribution in [0.5, 0.6) is 0 Å². The van der Waals surface area contributed by atoms with Gasteiger partial charge in [-0.2, -0.15) is 0 Å². The molecule has 0 aliphatic carbocycles. The van der Waals surface area contributed by atoms with E-state index >= 15 is 0 Å². The van der Waals surface area contributed by atoms with Gasteiger partial charge in [-0.3, -0.25) is 0 Å². The van der Waals surface area contributed by atoms with Crippen LogP contribution in [0.1, 0.15) is 0 Å². The molecule has 0 fully saturated rings. The van der Waals surface area contributed by atoms with Gasteiger partial charge in [0.2, 0.25) is 0 Å². The van der Waals surface area contributed by atoms with Gasteiger partial charge in [0.15, 0.2) is 0 Å². The first-order chi connectivity index (χ1) is 2.00. The topological polar surface area (TPSA) is 68.3 Å². The van der Waals surface area contributed by atoms with Crippen LogP contribution in [-0.4, -0.2) is 23.1 Å². The van der Waals surface area contributed by atoms with Crippen molar-refractivity contribution in [3.05, 3.63) is 0 Å². The van der Waals surface area contributed by atoms with Crippen molar-refractivity contribution in [1.29, 1.82) is 0 Å². The molecular formula is H2FeMgO4. The maximum absolute atomic E-state index is 8.56. The van der Waals surface area contributed by atoms with E-state index in [1.54, 1.807) is 0 Å². The Morgan fingerprint density at radius 3 is 0.833 bits per heavy atom. The standard InChI is InChI=1S/Fe.Mg.4O.2H. The predicted molar refractivity (Wildman–Crippen MR) is 11.3 cm³/mol. The van der Waals surface area contributed by atoms with Crippen molar-refractivity contribution < 1.29 is 27.9 Å². The van der Waals surface area contributed by atoms with Crippen molar-refractivity contribution in [3.8, 4) is 0 Å². The Morgan fingerprint density at radius 1 is 0.833 bits per heavy atom. The molecule has 0 aromatic carbocycles. The summed E-state index contributed by atoms with van der Waals surface area (Å²) in [5, 5.41) is 0. The molecule has 0 aliphatic rings. The number of hydrogen-bond donors (Lipinski definition) is 0. The summed E-state index contributed by atoms with van der Waals surface area (Å²) in [6.45, 7) is 0. The van der Waals surface area contributed by atoms with E-state index in [1.807, 2.05) is 0 Å². The van der Waals surface area contributed by atoms with Crippen LogP contribution in [-0.2, 0) is 27.9 Å². The third-order valence-corrected chi connectivity index (χ3v) is 0. The maximum atomic E-state index is 8.56. The molecule has 6 heavy (non-hydrogen) atoms. The summed E-state index contributed by atoms with van der Waals surface area (Å²) >= 11 is -5.50. The van der Waals surface area contributed by atoms with Gasteiger partial charge in [-0.05, 0) is 0 Å². The molecule has 36 valence electrons. The second-order valence-corrected chi connectivity index (χ2v) is 1.46. The van der Waals surface area contributed by atoms with Crippen LogP contribution < -0.4 is 0 Å². The molecule has 0 radical (unpaired) electrons. The first-order valence-electron chi connectivity index (χ1n) is 0.577. The van der Waals surface area contributed by atoms with Crippen molar-refractivity contribution in [2.24, 2.45) is 0 Å². The van der Waals surface area contributed by atoms with Gasteiger partial charge in [-0.15, -0.1) is 0 Å². The molecule has 0 N–H and O–H groups in total. The van der Waals surface area contributed by atoms with Crippen molar-refractivity contribution in [2.75, 3.05) is 0 Å². The zero-order valence-corrected chi connectivity index (χ0v) is 3.09. The van der Waals surface area contributed by atoms with Crippen LogP contribution in [0.15, 0.2) is 0 Å². The Hall–Kier alpha value is 0.486. The van der Waals surface area contributed by atoms with Gasteiger partial charge in [0.25, 0.3) is 0 Å². The summed E-state index contributed by atoms with van der Waals surface area (Å²) in [5.41, 5.74) is 0. The molecule has 0 spiro atoms. The fourth-order valence-corrected chi connectivity index (χ4v) is 0. The predicted octanol–water partition coefficient (Wildman–Crippen LogP) is -1.39. The van der Waals surface area contributed by atoms with E-state index in [9.17, 15) is 0 Å². The third-order valence-electron chi connectivity index (χ3n) is 0. The van der Waals surface area contributed by atoms with Gasteiger partial charge < -0.3 is 0 Å². The quantitative estimate of drug-likeness (QED) is 0.394. The van der Waals surface area contributed by atoms with Crippen molar-refractivity contribution in [1.82, 2.24) is 0 Å². The van der Waals surface area contributed by atoms with E-state index in [4.69, 9.17) is 15.3 Å². The monoisotopic (exact) mass is 146 g/mol. The van der Waals surface area contributed by atoms with Crippen LogP contribution in [0.4, 0.5) is 0 Å². The molecule has 4 nitrogen and oxygen atoms in total. The Labute approximate surface area is 51.1 Å². The zero-order chi connectivity index (χ0) is 4.50. The number of rotatable bonds is 0. The fraction of sp³-hybridized carbons (Fsp3) is 0. The van der Waals surface area contributed by atoms with Gasteiger partial charge in [0.1, 0.15) is 0 Å². The summed E-state index contributed by atoms with van der Waals surface area (Å²) in [6.07, 6.45) is 0. The van der Waals surface area contributed by atoms with Crippen molar-refractivity contribution in [2.45, 2.75) is 0 Å². The van der Waals surface area contributed by atoms with Gasteiger partial charge in [0, 0.05) is 0 Å². The van der Waals surface area contributed by atoms with E-state index in [-0.39, 0.29) is 23.1 Å². The molecule has 0 bridgehead atoms. The van der Waals surface area contributed by atoms with E-state index in [0.29, 0.717) is 0 Å². The minimum absolute atomic E-state index is 0. The van der Waals surface area contributed by atoms with Crippen LogP contribution in [0, 0.1) is 0 Å². The molecule has 0 heterocycles. The molecule has 0 saturated heterocycles. The van der Waals surface area contributed by atoms with E-state index in [1.165, 1.54) is 0 Å². The molecule has 6 heteroatoms. The zero-order valence-electron chi connectivity index (χ0n) is 1.99. The Morgan fingerprint density at radius 2 is 0.833 bits per heavy atom. The molecule has 0 aromatic heterocycles. The first kappa shape index (κ1) is 9.70. The second-order valence-electron chi connectivity index (χ2n) is 0.354. The summed E-state index contributed by atoms with van der Waals surface area (Å²) in [6, 6.07) is 0. The summed E-state index contributed by atoms with van der Waals surface area (Å²) in [4.78, 5) is 0. The van der Waals surface area contributed by atoms with E-state index < -0.39 is 12.6 Å². The molecule has 0 aliphatic heterocycles. The van der Waals surface area contributed by atoms with E-state index in [2.05, 4.69) is 0 Å². The molecule has 0 unspecified atom stereocenters. The van der Waals surface area contributed by atoms with E-state index in [0.717, 1.165) is 0 Å². The average molecular weight is 146 g/mol. The third kappa shape index (κ3) is 231. The molecular weight excluding hydrogens is 144 g/mol. The van der Waals surface area contributed by atoms with Crippen LogP contribution in [0.3, 0.4) is 0 Å². The van der Waals surface area contributed by atoms with Gasteiger partial charge >= 0.3 is 51.0 Å². The first-order valence-corrected chi connectivity index (χ1v) is 2.38. The van der Waals surface area contributed by atoms with Gasteiger partial charge in [0.05, 0.1) is 0 Å². The normalized spacial score (nSPS) is 9.33. The molecule has 0 amide bonds. The molecule has 0 saturated carbocycles. The molecule has 0 atom stereocenters. The Balaban J connectivity index is 0. The summed E-state index contributed by atoms with van der Waals surface area (Å²) in [5.74, 6) is 0. The molecule has 0 rings (SSSR count). The van der Waals surface area contributed by atoms with Crippen LogP contribution >= 0.6 is 0 Å². The fourth-order valence-electron chi connectivity index (χ4n) is 0.